The van der Waals surface area contributed by atoms with Gasteiger partial charge in [0, 0.05) is 32.2 Å². The minimum Gasteiger partial charge on any atom is -0.336 e. The van der Waals surface area contributed by atoms with Crippen molar-refractivity contribution in [3.05, 3.63) is 0 Å². The van der Waals surface area contributed by atoms with Gasteiger partial charge in [-0.1, -0.05) is 0 Å². The normalized spacial score (nSPS) is 18.4. The van der Waals surface area contributed by atoms with Crippen molar-refractivity contribution in [1.82, 2.24) is 15.1 Å². The van der Waals surface area contributed by atoms with E-state index in [9.17, 15) is 4.79 Å². The summed E-state index contributed by atoms with van der Waals surface area (Å²) in [6, 6.07) is 0.551. The zero-order valence-corrected chi connectivity index (χ0v) is 9.70. The molecular weight excluding hydrogens is 192 g/mol. The summed E-state index contributed by atoms with van der Waals surface area (Å²) in [5.41, 5.74) is 5.51. The predicted molar refractivity (Wildman–Crippen MR) is 60.7 cm³/mol. The Morgan fingerprint density at radius 2 is 2.40 bits per heavy atom. The van der Waals surface area contributed by atoms with E-state index in [1.807, 2.05) is 4.90 Å². The number of rotatable bonds is 6. The molecule has 1 heterocycles. The van der Waals surface area contributed by atoms with Crippen molar-refractivity contribution in [3.8, 4) is 0 Å². The largest absolute Gasteiger partial charge is 0.336 e. The molecule has 1 unspecified atom stereocenters. The second kappa shape index (κ2) is 5.92. The number of likely N-dealkylation sites (N-methyl/N-ethyl adjacent to an activating group) is 1. The van der Waals surface area contributed by atoms with Gasteiger partial charge in [-0.05, 0) is 26.9 Å². The van der Waals surface area contributed by atoms with Crippen LogP contribution in [0.2, 0.25) is 0 Å². The first-order chi connectivity index (χ1) is 7.15. The van der Waals surface area contributed by atoms with Gasteiger partial charge in [0.05, 0.1) is 0 Å². The predicted octanol–water partition coefficient (Wildman–Crippen LogP) is -0.319. The lowest BCUT2D eigenvalue weighted by molar-refractivity contribution is 0.194. The van der Waals surface area contributed by atoms with Gasteiger partial charge in [0.15, 0.2) is 0 Å². The van der Waals surface area contributed by atoms with Crippen LogP contribution in [0.3, 0.4) is 0 Å². The van der Waals surface area contributed by atoms with Gasteiger partial charge in [0.1, 0.15) is 0 Å². The summed E-state index contributed by atoms with van der Waals surface area (Å²) in [6.45, 7) is 6.21. The van der Waals surface area contributed by atoms with Crippen LogP contribution in [0, 0.1) is 0 Å². The van der Waals surface area contributed by atoms with Crippen molar-refractivity contribution in [1.29, 1.82) is 0 Å². The summed E-state index contributed by atoms with van der Waals surface area (Å²) < 4.78 is 0. The van der Waals surface area contributed by atoms with Gasteiger partial charge in [-0.15, -0.1) is 0 Å². The maximum Gasteiger partial charge on any atom is 0.317 e. The lowest BCUT2D eigenvalue weighted by Crippen LogP contribution is -2.39. The van der Waals surface area contributed by atoms with Gasteiger partial charge in [-0.3, -0.25) is 0 Å². The fourth-order valence-electron chi connectivity index (χ4n) is 1.68. The first-order valence-corrected chi connectivity index (χ1v) is 5.58. The molecule has 88 valence electrons. The first-order valence-electron chi connectivity index (χ1n) is 5.58. The molecular formula is C10H22N4O. The molecule has 1 atom stereocenters. The fourth-order valence-corrected chi connectivity index (χ4v) is 1.68. The molecule has 5 heteroatoms. The Balaban J connectivity index is 2.21. The van der Waals surface area contributed by atoms with E-state index in [2.05, 4.69) is 24.2 Å². The highest BCUT2D eigenvalue weighted by Crippen LogP contribution is 2.01. The monoisotopic (exact) mass is 214 g/mol. The Bertz CT molecular complexity index is 210. The number of nitrogens with two attached hydrogens (primary N) is 1. The van der Waals surface area contributed by atoms with Crippen LogP contribution in [0.4, 0.5) is 4.79 Å². The van der Waals surface area contributed by atoms with Crippen molar-refractivity contribution in [2.75, 3.05) is 39.8 Å². The number of hydrogen-bond donors (Lipinski definition) is 2. The van der Waals surface area contributed by atoms with Gasteiger partial charge >= 0.3 is 6.03 Å². The Hall–Kier alpha value is -0.810. The van der Waals surface area contributed by atoms with Crippen LogP contribution in [-0.2, 0) is 0 Å². The van der Waals surface area contributed by atoms with Crippen LogP contribution >= 0.6 is 0 Å². The Kier molecular flexibility index (Phi) is 4.84. The summed E-state index contributed by atoms with van der Waals surface area (Å²) in [5, 5.41) is 2.80. The Morgan fingerprint density at radius 1 is 1.67 bits per heavy atom. The van der Waals surface area contributed by atoms with Gasteiger partial charge in [0.2, 0.25) is 0 Å². The molecule has 0 saturated carbocycles. The van der Waals surface area contributed by atoms with E-state index < -0.39 is 0 Å². The molecule has 2 amide bonds. The van der Waals surface area contributed by atoms with Gasteiger partial charge in [-0.2, -0.15) is 0 Å². The summed E-state index contributed by atoms with van der Waals surface area (Å²) in [4.78, 5) is 15.4. The van der Waals surface area contributed by atoms with Crippen molar-refractivity contribution >= 4 is 6.03 Å². The minimum absolute atomic E-state index is 0.0647. The zero-order valence-electron chi connectivity index (χ0n) is 9.70. The highest BCUT2D eigenvalue weighted by atomic mass is 16.2. The van der Waals surface area contributed by atoms with Crippen LogP contribution < -0.4 is 11.1 Å². The fraction of sp³-hybridized carbons (Fsp3) is 0.900. The molecule has 5 nitrogen and oxygen atoms in total. The number of hydrogen-bond acceptors (Lipinski definition) is 3. The first kappa shape index (κ1) is 12.3. The van der Waals surface area contributed by atoms with E-state index in [4.69, 9.17) is 5.73 Å². The summed E-state index contributed by atoms with van der Waals surface area (Å²) in [7, 11) is 2.08. The summed E-state index contributed by atoms with van der Waals surface area (Å²) in [5.74, 6) is 0. The minimum atomic E-state index is 0.0647. The number of carbonyl (C=O) groups excluding carboxylic acids is 1. The van der Waals surface area contributed by atoms with Crippen molar-refractivity contribution in [2.24, 2.45) is 5.73 Å². The molecule has 0 aromatic heterocycles. The number of nitrogens with one attached hydrogen (secondary N) is 1. The second-order valence-electron chi connectivity index (χ2n) is 4.13. The third-order valence-corrected chi connectivity index (χ3v) is 3.00. The quantitative estimate of drug-likeness (QED) is 0.637. The molecule has 0 aliphatic carbocycles. The van der Waals surface area contributed by atoms with E-state index in [0.29, 0.717) is 6.04 Å². The van der Waals surface area contributed by atoms with Crippen LogP contribution in [0.25, 0.3) is 0 Å². The smallest absolute Gasteiger partial charge is 0.317 e. The van der Waals surface area contributed by atoms with Crippen molar-refractivity contribution in [2.45, 2.75) is 19.4 Å². The molecule has 1 aliphatic heterocycles. The van der Waals surface area contributed by atoms with E-state index >= 15 is 0 Å². The third-order valence-electron chi connectivity index (χ3n) is 3.00. The number of nitrogens with zero attached hydrogens (tertiary/aromatic N) is 2. The van der Waals surface area contributed by atoms with E-state index in [1.54, 1.807) is 0 Å². The third kappa shape index (κ3) is 3.68. The molecule has 15 heavy (non-hydrogen) atoms. The van der Waals surface area contributed by atoms with Gasteiger partial charge in [-0.25, -0.2) is 4.79 Å². The topological polar surface area (TPSA) is 61.6 Å². The summed E-state index contributed by atoms with van der Waals surface area (Å²) in [6.07, 6.45) is 1.00. The van der Waals surface area contributed by atoms with Crippen LogP contribution in [0.15, 0.2) is 0 Å². The lowest BCUT2D eigenvalue weighted by Gasteiger charge is -2.26. The van der Waals surface area contributed by atoms with Crippen LogP contribution in [0.5, 0.6) is 0 Å². The maximum absolute atomic E-state index is 11.3. The number of urea groups is 1. The van der Waals surface area contributed by atoms with E-state index in [0.717, 1.165) is 39.1 Å². The standard InChI is InChI=1S/C10H22N4O/c1-9(3-4-11)13(2)7-8-14-6-5-12-10(14)15/h9H,3-8,11H2,1-2H3,(H,12,15). The molecule has 1 fully saturated rings. The van der Waals surface area contributed by atoms with Crippen LogP contribution in [-0.4, -0.2) is 61.6 Å². The highest BCUT2D eigenvalue weighted by Gasteiger charge is 2.19. The average Bonchev–Trinajstić information content (AvgIpc) is 2.61. The molecule has 0 aromatic carbocycles. The Morgan fingerprint density at radius 3 is 2.93 bits per heavy atom. The molecule has 3 N–H and O–H groups in total. The maximum atomic E-state index is 11.3. The van der Waals surface area contributed by atoms with Crippen molar-refractivity contribution in [3.63, 3.8) is 0 Å². The molecule has 0 bridgehead atoms. The SMILES string of the molecule is CC(CCN)N(C)CCN1CCNC1=O. The molecule has 0 radical (unpaired) electrons. The number of carbonyl (C=O) groups is 1. The van der Waals surface area contributed by atoms with E-state index in [1.165, 1.54) is 0 Å². The molecule has 1 saturated heterocycles. The van der Waals surface area contributed by atoms with Crippen LogP contribution in [0.1, 0.15) is 13.3 Å². The molecule has 0 spiro atoms. The van der Waals surface area contributed by atoms with Gasteiger partial charge < -0.3 is 20.9 Å². The highest BCUT2D eigenvalue weighted by molar-refractivity contribution is 5.76. The zero-order chi connectivity index (χ0) is 11.3. The Labute approximate surface area is 91.6 Å². The lowest BCUT2D eigenvalue weighted by atomic mass is 10.2. The van der Waals surface area contributed by atoms with Gasteiger partial charge in [0.25, 0.3) is 0 Å². The number of amides is 2. The average molecular weight is 214 g/mol. The second-order valence-corrected chi connectivity index (χ2v) is 4.13. The molecule has 1 rings (SSSR count). The summed E-state index contributed by atoms with van der Waals surface area (Å²) >= 11 is 0. The molecule has 1 aliphatic rings. The van der Waals surface area contributed by atoms with Crippen molar-refractivity contribution < 1.29 is 4.79 Å². The van der Waals surface area contributed by atoms with E-state index in [-0.39, 0.29) is 6.03 Å². The molecule has 0 aromatic rings.